The van der Waals surface area contributed by atoms with Gasteiger partial charge >= 0.3 is 11.9 Å². The summed E-state index contributed by atoms with van der Waals surface area (Å²) in [5.41, 5.74) is 0.420. The van der Waals surface area contributed by atoms with Gasteiger partial charge in [-0.1, -0.05) is 24.5 Å². The van der Waals surface area contributed by atoms with Crippen LogP contribution in [0.25, 0.3) is 0 Å². The van der Waals surface area contributed by atoms with Gasteiger partial charge in [-0.05, 0) is 12.1 Å². The zero-order valence-corrected chi connectivity index (χ0v) is 11.0. The molecule has 0 fully saturated rings. The van der Waals surface area contributed by atoms with Crippen LogP contribution in [0.15, 0.2) is 36.7 Å². The van der Waals surface area contributed by atoms with Gasteiger partial charge < -0.3 is 9.47 Å². The van der Waals surface area contributed by atoms with Crippen molar-refractivity contribution in [3.05, 3.63) is 47.8 Å². The number of esters is 2. The van der Waals surface area contributed by atoms with E-state index in [1.165, 1.54) is 26.4 Å². The summed E-state index contributed by atoms with van der Waals surface area (Å²) in [7, 11) is 4.86. The van der Waals surface area contributed by atoms with E-state index in [4.69, 9.17) is 0 Å². The lowest BCUT2D eigenvalue weighted by Gasteiger charge is -2.04. The van der Waals surface area contributed by atoms with Gasteiger partial charge in [0.25, 0.3) is 0 Å². The second-order valence-electron chi connectivity index (χ2n) is 2.76. The maximum absolute atomic E-state index is 11.2. The van der Waals surface area contributed by atoms with Crippen molar-refractivity contribution < 1.29 is 19.1 Å². The monoisotopic (exact) mass is 254 g/mol. The van der Waals surface area contributed by atoms with E-state index in [0.717, 1.165) is 0 Å². The van der Waals surface area contributed by atoms with Gasteiger partial charge in [0.15, 0.2) is 0 Å². The molecule has 0 N–H and O–H groups in total. The molecule has 0 aromatic heterocycles. The van der Waals surface area contributed by atoms with E-state index in [0.29, 0.717) is 0 Å². The lowest BCUT2D eigenvalue weighted by atomic mass is 10.1. The molecular formula is C12H15O4P. The quantitative estimate of drug-likeness (QED) is 0.600. The molecule has 1 aromatic carbocycles. The Hall–Kier alpha value is -1.67. The minimum absolute atomic E-state index is 0.210. The van der Waals surface area contributed by atoms with Crippen molar-refractivity contribution in [1.82, 2.24) is 0 Å². The van der Waals surface area contributed by atoms with E-state index in [-0.39, 0.29) is 11.1 Å². The molecule has 92 valence electrons. The Bertz CT molecular complexity index is 366. The van der Waals surface area contributed by atoms with E-state index in [2.05, 4.69) is 25.3 Å². The molecule has 5 heteroatoms. The molecule has 0 heterocycles. The van der Waals surface area contributed by atoms with E-state index in [1.54, 1.807) is 17.9 Å². The van der Waals surface area contributed by atoms with E-state index < -0.39 is 11.9 Å². The van der Waals surface area contributed by atoms with Crippen LogP contribution in [0.2, 0.25) is 0 Å². The fraction of sp³-hybridized carbons (Fsp3) is 0.167. The van der Waals surface area contributed by atoms with Crippen LogP contribution in [0.4, 0.5) is 0 Å². The first-order chi connectivity index (χ1) is 8.12. The number of methoxy groups -OCH3 is 2. The zero-order chi connectivity index (χ0) is 13.3. The summed E-state index contributed by atoms with van der Waals surface area (Å²) in [5, 5.41) is 0. The lowest BCUT2D eigenvalue weighted by Crippen LogP contribution is -2.11. The molecule has 0 amide bonds. The van der Waals surface area contributed by atoms with Crippen LogP contribution >= 0.6 is 9.24 Å². The molecule has 1 atom stereocenters. The van der Waals surface area contributed by atoms with Crippen molar-refractivity contribution in [3.63, 3.8) is 0 Å². The van der Waals surface area contributed by atoms with Gasteiger partial charge in [0, 0.05) is 0 Å². The summed E-state index contributed by atoms with van der Waals surface area (Å²) in [6, 6.07) is 6.33. The largest absolute Gasteiger partial charge is 0.465 e. The maximum Gasteiger partial charge on any atom is 0.338 e. The van der Waals surface area contributed by atoms with Crippen molar-refractivity contribution >= 4 is 21.2 Å². The highest BCUT2D eigenvalue weighted by Gasteiger charge is 2.16. The van der Waals surface area contributed by atoms with Gasteiger partial charge in [-0.3, -0.25) is 0 Å². The van der Waals surface area contributed by atoms with Crippen molar-refractivity contribution in [1.29, 1.82) is 0 Å². The number of hydrogen-bond donors (Lipinski definition) is 0. The third kappa shape index (κ3) is 4.79. The summed E-state index contributed by atoms with van der Waals surface area (Å²) in [6.45, 7) is 3.32. The molecule has 1 rings (SSSR count). The van der Waals surface area contributed by atoms with Crippen molar-refractivity contribution in [3.8, 4) is 0 Å². The summed E-state index contributed by atoms with van der Waals surface area (Å²) in [6.07, 6.45) is 0. The Morgan fingerprint density at radius 3 is 1.65 bits per heavy atom. The second kappa shape index (κ2) is 8.48. The smallest absolute Gasteiger partial charge is 0.338 e. The van der Waals surface area contributed by atoms with Crippen LogP contribution in [-0.2, 0) is 9.47 Å². The SMILES string of the molecule is C=CP.COC(=O)c1ccccc1C(=O)OC. The normalized spacial score (nSPS) is 8.41. The van der Waals surface area contributed by atoms with Gasteiger partial charge in [-0.25, -0.2) is 9.59 Å². The molecular weight excluding hydrogens is 239 g/mol. The first-order valence-corrected chi connectivity index (χ1v) is 5.37. The minimum atomic E-state index is -0.550. The highest BCUT2D eigenvalue weighted by Crippen LogP contribution is 2.10. The number of rotatable bonds is 2. The minimum Gasteiger partial charge on any atom is -0.465 e. The number of ether oxygens (including phenoxy) is 2. The van der Waals surface area contributed by atoms with Crippen LogP contribution < -0.4 is 0 Å². The first-order valence-electron chi connectivity index (χ1n) is 4.70. The van der Waals surface area contributed by atoms with Crippen molar-refractivity contribution in [2.24, 2.45) is 0 Å². The summed E-state index contributed by atoms with van der Waals surface area (Å²) in [4.78, 5) is 22.4. The Labute approximate surface area is 103 Å². The molecule has 0 spiro atoms. The highest BCUT2D eigenvalue weighted by atomic mass is 31.0. The molecule has 0 saturated carbocycles. The molecule has 0 aliphatic carbocycles. The highest BCUT2D eigenvalue weighted by molar-refractivity contribution is 7.20. The number of hydrogen-bond acceptors (Lipinski definition) is 4. The summed E-state index contributed by atoms with van der Waals surface area (Å²) in [5.74, 6) is 0.567. The molecule has 0 radical (unpaired) electrons. The van der Waals surface area contributed by atoms with Gasteiger partial charge in [0.1, 0.15) is 0 Å². The summed E-state index contributed by atoms with van der Waals surface area (Å²) >= 11 is 0. The fourth-order valence-electron chi connectivity index (χ4n) is 1.06. The lowest BCUT2D eigenvalue weighted by molar-refractivity contribution is 0.0555. The molecule has 4 nitrogen and oxygen atoms in total. The Morgan fingerprint density at radius 2 is 1.41 bits per heavy atom. The molecule has 1 unspecified atom stereocenters. The van der Waals surface area contributed by atoms with Gasteiger partial charge in [0.2, 0.25) is 0 Å². The van der Waals surface area contributed by atoms with Gasteiger partial charge in [0.05, 0.1) is 25.3 Å². The van der Waals surface area contributed by atoms with Crippen LogP contribution in [0, 0.1) is 0 Å². The third-order valence-electron chi connectivity index (χ3n) is 1.74. The Kier molecular flexibility index (Phi) is 7.65. The van der Waals surface area contributed by atoms with Crippen LogP contribution in [-0.4, -0.2) is 26.2 Å². The van der Waals surface area contributed by atoms with Crippen LogP contribution in [0.1, 0.15) is 20.7 Å². The first kappa shape index (κ1) is 15.3. The molecule has 1 aromatic rings. The fourth-order valence-corrected chi connectivity index (χ4v) is 1.06. The maximum atomic E-state index is 11.2. The Morgan fingerprint density at radius 1 is 1.12 bits per heavy atom. The predicted molar refractivity (Wildman–Crippen MR) is 69.0 cm³/mol. The molecule has 0 aliphatic rings. The van der Waals surface area contributed by atoms with Crippen molar-refractivity contribution in [2.45, 2.75) is 0 Å². The molecule has 0 aliphatic heterocycles. The zero-order valence-electron chi connectivity index (χ0n) is 9.80. The number of carbonyl (C=O) groups excluding carboxylic acids is 2. The standard InChI is InChI=1S/C10H10O4.C2H5P/c1-13-9(11)7-5-3-4-6-8(7)10(12)14-2;1-2-3/h3-6H,1-2H3;2H,1,3H2. The third-order valence-corrected chi connectivity index (χ3v) is 1.74. The second-order valence-corrected chi connectivity index (χ2v) is 3.24. The molecule has 0 bridgehead atoms. The van der Waals surface area contributed by atoms with Crippen LogP contribution in [0.3, 0.4) is 0 Å². The average molecular weight is 254 g/mol. The summed E-state index contributed by atoms with van der Waals surface area (Å²) < 4.78 is 9.05. The van der Waals surface area contributed by atoms with Gasteiger partial charge in [-0.2, -0.15) is 0 Å². The average Bonchev–Trinajstić information content (AvgIpc) is 2.37. The van der Waals surface area contributed by atoms with E-state index in [1.807, 2.05) is 0 Å². The van der Waals surface area contributed by atoms with E-state index in [9.17, 15) is 9.59 Å². The van der Waals surface area contributed by atoms with Crippen molar-refractivity contribution in [2.75, 3.05) is 14.2 Å². The topological polar surface area (TPSA) is 52.6 Å². The molecule has 0 saturated heterocycles. The van der Waals surface area contributed by atoms with E-state index >= 15 is 0 Å². The number of benzene rings is 1. The number of carbonyl (C=O) groups is 2. The Balaban J connectivity index is 0.000000770. The van der Waals surface area contributed by atoms with Gasteiger partial charge in [-0.15, -0.1) is 9.24 Å². The van der Waals surface area contributed by atoms with Crippen LogP contribution in [0.5, 0.6) is 0 Å². The molecule has 17 heavy (non-hydrogen) atoms. The predicted octanol–water partition coefficient (Wildman–Crippen LogP) is 2.26.